The van der Waals surface area contributed by atoms with E-state index in [9.17, 15) is 4.79 Å². The van der Waals surface area contributed by atoms with Crippen LogP contribution in [0.15, 0.2) is 36.4 Å². The van der Waals surface area contributed by atoms with E-state index in [0.717, 1.165) is 23.0 Å². The molecule has 94 valence electrons. The lowest BCUT2D eigenvalue weighted by atomic mass is 10.1. The molecule has 1 amide bonds. The van der Waals surface area contributed by atoms with E-state index in [2.05, 4.69) is 10.2 Å². The zero-order valence-electron chi connectivity index (χ0n) is 10.4. The molecule has 1 aliphatic heterocycles. The standard InChI is InChI=1S/C15H13N3O/c1-16-13-4-2-12-9-14(5-3-11(12)8-13)18-7-6-17-10-15(18)19/h2-5,8-9,17H,6-7,10H2. The largest absolute Gasteiger partial charge is 0.310 e. The molecule has 1 N–H and O–H groups in total. The summed E-state index contributed by atoms with van der Waals surface area (Å²) < 4.78 is 0. The van der Waals surface area contributed by atoms with Crippen LogP contribution in [0, 0.1) is 6.57 Å². The maximum atomic E-state index is 11.9. The average molecular weight is 251 g/mol. The molecule has 1 heterocycles. The van der Waals surface area contributed by atoms with Crippen LogP contribution in [0.25, 0.3) is 15.6 Å². The van der Waals surface area contributed by atoms with E-state index >= 15 is 0 Å². The summed E-state index contributed by atoms with van der Waals surface area (Å²) >= 11 is 0. The molecule has 2 aromatic carbocycles. The summed E-state index contributed by atoms with van der Waals surface area (Å²) in [5.41, 5.74) is 1.56. The molecular formula is C15H13N3O. The lowest BCUT2D eigenvalue weighted by Crippen LogP contribution is -2.48. The molecule has 0 spiro atoms. The number of amides is 1. The molecule has 19 heavy (non-hydrogen) atoms. The second kappa shape index (κ2) is 4.71. The first-order valence-electron chi connectivity index (χ1n) is 6.20. The van der Waals surface area contributed by atoms with Crippen molar-refractivity contribution in [2.45, 2.75) is 0 Å². The van der Waals surface area contributed by atoms with E-state index < -0.39 is 0 Å². The fourth-order valence-corrected chi connectivity index (χ4v) is 2.34. The van der Waals surface area contributed by atoms with Crippen LogP contribution in [0.3, 0.4) is 0 Å². The molecule has 0 unspecified atom stereocenters. The fraction of sp³-hybridized carbons (Fsp3) is 0.200. The number of fused-ring (bicyclic) bond motifs is 1. The number of hydrogen-bond donors (Lipinski definition) is 1. The Morgan fingerprint density at radius 1 is 1.16 bits per heavy atom. The van der Waals surface area contributed by atoms with Crippen molar-refractivity contribution < 1.29 is 4.79 Å². The summed E-state index contributed by atoms with van der Waals surface area (Å²) in [4.78, 5) is 17.1. The number of benzene rings is 2. The average Bonchev–Trinajstić information content (AvgIpc) is 2.46. The van der Waals surface area contributed by atoms with E-state index in [1.54, 1.807) is 11.0 Å². The van der Waals surface area contributed by atoms with Crippen LogP contribution in [0.1, 0.15) is 0 Å². The minimum absolute atomic E-state index is 0.100. The van der Waals surface area contributed by atoms with Crippen molar-refractivity contribution in [2.24, 2.45) is 0 Å². The van der Waals surface area contributed by atoms with Gasteiger partial charge in [-0.1, -0.05) is 18.2 Å². The summed E-state index contributed by atoms with van der Waals surface area (Å²) in [6, 6.07) is 11.5. The normalized spacial score (nSPS) is 15.5. The summed E-state index contributed by atoms with van der Waals surface area (Å²) in [5, 5.41) is 5.14. The highest BCUT2D eigenvalue weighted by Crippen LogP contribution is 2.26. The molecule has 0 aliphatic carbocycles. The Morgan fingerprint density at radius 2 is 1.95 bits per heavy atom. The topological polar surface area (TPSA) is 36.7 Å². The summed E-state index contributed by atoms with van der Waals surface area (Å²) in [6.07, 6.45) is 0. The minimum atomic E-state index is 0.100. The highest BCUT2D eigenvalue weighted by atomic mass is 16.2. The molecule has 0 radical (unpaired) electrons. The molecule has 0 aromatic heterocycles. The molecule has 4 nitrogen and oxygen atoms in total. The summed E-state index contributed by atoms with van der Waals surface area (Å²) in [7, 11) is 0. The lowest BCUT2D eigenvalue weighted by molar-refractivity contribution is -0.118. The molecule has 4 heteroatoms. The zero-order chi connectivity index (χ0) is 13.2. The van der Waals surface area contributed by atoms with Gasteiger partial charge in [-0.3, -0.25) is 4.79 Å². The number of piperazine rings is 1. The van der Waals surface area contributed by atoms with Crippen LogP contribution in [-0.2, 0) is 4.79 Å². The van der Waals surface area contributed by atoms with Crippen LogP contribution < -0.4 is 10.2 Å². The van der Waals surface area contributed by atoms with Gasteiger partial charge in [-0.05, 0) is 29.0 Å². The van der Waals surface area contributed by atoms with E-state index in [0.29, 0.717) is 18.8 Å². The third-order valence-electron chi connectivity index (χ3n) is 3.34. The quantitative estimate of drug-likeness (QED) is 0.790. The van der Waals surface area contributed by atoms with Crippen molar-refractivity contribution in [3.63, 3.8) is 0 Å². The molecule has 2 aromatic rings. The Morgan fingerprint density at radius 3 is 2.74 bits per heavy atom. The van der Waals surface area contributed by atoms with E-state index in [1.165, 1.54) is 0 Å². The summed E-state index contributed by atoms with van der Waals surface area (Å²) in [5.74, 6) is 0.100. The Bertz CT molecular complexity index is 687. The smallest absolute Gasteiger partial charge is 0.240 e. The van der Waals surface area contributed by atoms with Gasteiger partial charge in [-0.25, -0.2) is 4.85 Å². The number of nitrogens with one attached hydrogen (secondary N) is 1. The first kappa shape index (κ1) is 11.7. The third kappa shape index (κ3) is 2.16. The van der Waals surface area contributed by atoms with E-state index in [-0.39, 0.29) is 5.91 Å². The zero-order valence-corrected chi connectivity index (χ0v) is 10.4. The summed E-state index contributed by atoms with van der Waals surface area (Å²) in [6.45, 7) is 8.93. The third-order valence-corrected chi connectivity index (χ3v) is 3.34. The van der Waals surface area contributed by atoms with Crippen LogP contribution in [0.2, 0.25) is 0 Å². The minimum Gasteiger partial charge on any atom is -0.310 e. The first-order valence-corrected chi connectivity index (χ1v) is 6.20. The van der Waals surface area contributed by atoms with Crippen molar-refractivity contribution in [3.8, 4) is 0 Å². The van der Waals surface area contributed by atoms with Gasteiger partial charge >= 0.3 is 0 Å². The Labute approximate surface area is 111 Å². The van der Waals surface area contributed by atoms with Gasteiger partial charge in [0, 0.05) is 18.8 Å². The molecule has 0 bridgehead atoms. The van der Waals surface area contributed by atoms with Crippen LogP contribution in [-0.4, -0.2) is 25.5 Å². The Kier molecular flexibility index (Phi) is 2.90. The Balaban J connectivity index is 2.02. The van der Waals surface area contributed by atoms with Crippen molar-refractivity contribution >= 4 is 28.1 Å². The molecule has 3 rings (SSSR count). The SMILES string of the molecule is [C-]#[N+]c1ccc2cc(N3CCNCC3=O)ccc2c1. The van der Waals surface area contributed by atoms with Gasteiger partial charge in [0.15, 0.2) is 5.69 Å². The second-order valence-electron chi connectivity index (χ2n) is 4.55. The van der Waals surface area contributed by atoms with Crippen LogP contribution in [0.5, 0.6) is 0 Å². The maximum Gasteiger partial charge on any atom is 0.240 e. The van der Waals surface area contributed by atoms with Crippen molar-refractivity contribution in [2.75, 3.05) is 24.5 Å². The molecular weight excluding hydrogens is 238 g/mol. The van der Waals surface area contributed by atoms with Gasteiger partial charge in [0.2, 0.25) is 5.91 Å². The van der Waals surface area contributed by atoms with E-state index in [4.69, 9.17) is 6.57 Å². The number of carbonyl (C=O) groups excluding carboxylic acids is 1. The predicted octanol–water partition coefficient (Wildman–Crippen LogP) is 2.33. The van der Waals surface area contributed by atoms with Gasteiger partial charge in [-0.2, -0.15) is 0 Å². The van der Waals surface area contributed by atoms with Gasteiger partial charge in [0.1, 0.15) is 0 Å². The van der Waals surface area contributed by atoms with Gasteiger partial charge in [0.25, 0.3) is 0 Å². The van der Waals surface area contributed by atoms with Crippen molar-refractivity contribution in [3.05, 3.63) is 47.8 Å². The van der Waals surface area contributed by atoms with E-state index in [1.807, 2.05) is 30.3 Å². The lowest BCUT2D eigenvalue weighted by Gasteiger charge is -2.27. The number of hydrogen-bond acceptors (Lipinski definition) is 2. The molecule has 1 aliphatic rings. The first-order chi connectivity index (χ1) is 9.28. The van der Waals surface area contributed by atoms with Gasteiger partial charge < -0.3 is 10.2 Å². The predicted molar refractivity (Wildman–Crippen MR) is 75.4 cm³/mol. The molecule has 1 fully saturated rings. The van der Waals surface area contributed by atoms with Crippen LogP contribution >= 0.6 is 0 Å². The Hall–Kier alpha value is -2.38. The highest BCUT2D eigenvalue weighted by Gasteiger charge is 2.19. The van der Waals surface area contributed by atoms with Crippen molar-refractivity contribution in [1.29, 1.82) is 0 Å². The van der Waals surface area contributed by atoms with Gasteiger partial charge in [-0.15, -0.1) is 0 Å². The molecule has 0 atom stereocenters. The van der Waals surface area contributed by atoms with Crippen molar-refractivity contribution in [1.82, 2.24) is 5.32 Å². The fourth-order valence-electron chi connectivity index (χ4n) is 2.34. The number of rotatable bonds is 1. The highest BCUT2D eigenvalue weighted by molar-refractivity contribution is 5.98. The number of nitrogens with zero attached hydrogens (tertiary/aromatic N) is 2. The second-order valence-corrected chi connectivity index (χ2v) is 4.55. The molecule has 1 saturated heterocycles. The monoisotopic (exact) mass is 251 g/mol. The molecule has 0 saturated carbocycles. The number of anilines is 1. The maximum absolute atomic E-state index is 11.9. The number of carbonyl (C=O) groups is 1. The van der Waals surface area contributed by atoms with Gasteiger partial charge in [0.05, 0.1) is 13.1 Å². The van der Waals surface area contributed by atoms with Crippen LogP contribution in [0.4, 0.5) is 11.4 Å².